The van der Waals surface area contributed by atoms with E-state index in [1.165, 1.54) is 6.07 Å². The molecule has 84 valence electrons. The first-order valence-electron chi connectivity index (χ1n) is 4.79. The lowest BCUT2D eigenvalue weighted by molar-refractivity contribution is 0.134. The van der Waals surface area contributed by atoms with Gasteiger partial charge in [-0.3, -0.25) is 0 Å². The molecule has 0 spiro atoms. The molecular weight excluding hydrogens is 211 g/mol. The monoisotopic (exact) mass is 222 g/mol. The van der Waals surface area contributed by atoms with E-state index in [0.717, 1.165) is 0 Å². The maximum absolute atomic E-state index is 13.4. The zero-order chi connectivity index (χ0) is 11.8. The minimum Gasteiger partial charge on any atom is -0.386 e. The Morgan fingerprint density at radius 1 is 1.38 bits per heavy atom. The summed E-state index contributed by atoms with van der Waals surface area (Å²) in [5, 5.41) is 16.5. The summed E-state index contributed by atoms with van der Waals surface area (Å²) in [4.78, 5) is 0. The number of hydrogen-bond acceptors (Lipinski definition) is 4. The van der Waals surface area contributed by atoms with Gasteiger partial charge in [-0.25, -0.2) is 9.02 Å². The van der Waals surface area contributed by atoms with Crippen LogP contribution >= 0.6 is 0 Å². The molecule has 0 aliphatic rings. The first kappa shape index (κ1) is 10.8. The number of hydrogen-bond donors (Lipinski definition) is 1. The number of aromatic nitrogens is 2. The van der Waals surface area contributed by atoms with Gasteiger partial charge in [0.2, 0.25) is 0 Å². The molecule has 0 saturated carbocycles. The zero-order valence-corrected chi connectivity index (χ0v) is 8.94. The van der Waals surface area contributed by atoms with E-state index in [2.05, 4.69) is 14.9 Å². The number of halogens is 1. The molecule has 0 saturated heterocycles. The maximum Gasteiger partial charge on any atom is 0.170 e. The summed E-state index contributed by atoms with van der Waals surface area (Å²) in [5.74, 6) is -0.492. The Balaban J connectivity index is 2.43. The Bertz CT molecular complexity index is 540. The fourth-order valence-electron chi connectivity index (χ4n) is 1.27. The SMILES string of the molecule is CC(C)(O)C=Cc1cc(F)c2nonc2c1. The minimum absolute atomic E-state index is 0.111. The summed E-state index contributed by atoms with van der Waals surface area (Å²) in [6.07, 6.45) is 3.19. The number of rotatable bonds is 2. The number of benzene rings is 1. The van der Waals surface area contributed by atoms with Crippen LogP contribution in [0.2, 0.25) is 0 Å². The van der Waals surface area contributed by atoms with E-state index in [-0.39, 0.29) is 5.52 Å². The van der Waals surface area contributed by atoms with Crippen molar-refractivity contribution < 1.29 is 14.1 Å². The topological polar surface area (TPSA) is 59.2 Å². The largest absolute Gasteiger partial charge is 0.386 e. The van der Waals surface area contributed by atoms with Crippen LogP contribution in [0.3, 0.4) is 0 Å². The quantitative estimate of drug-likeness (QED) is 0.845. The van der Waals surface area contributed by atoms with Crippen LogP contribution in [0, 0.1) is 5.82 Å². The van der Waals surface area contributed by atoms with E-state index < -0.39 is 11.4 Å². The highest BCUT2D eigenvalue weighted by molar-refractivity contribution is 5.77. The van der Waals surface area contributed by atoms with E-state index in [4.69, 9.17) is 0 Å². The second kappa shape index (κ2) is 3.68. The highest BCUT2D eigenvalue weighted by atomic mass is 19.1. The Labute approximate surface area is 91.3 Å². The first-order chi connectivity index (χ1) is 7.46. The number of aliphatic hydroxyl groups is 1. The minimum atomic E-state index is -0.937. The van der Waals surface area contributed by atoms with Crippen molar-refractivity contribution in [1.29, 1.82) is 0 Å². The van der Waals surface area contributed by atoms with Gasteiger partial charge in [-0.2, -0.15) is 0 Å². The molecule has 5 heteroatoms. The van der Waals surface area contributed by atoms with Crippen molar-refractivity contribution in [2.75, 3.05) is 0 Å². The van der Waals surface area contributed by atoms with Crippen molar-refractivity contribution in [3.63, 3.8) is 0 Å². The molecule has 4 nitrogen and oxygen atoms in total. The fourth-order valence-corrected chi connectivity index (χ4v) is 1.27. The molecule has 0 radical (unpaired) electrons. The smallest absolute Gasteiger partial charge is 0.170 e. The molecule has 0 unspecified atom stereocenters. The van der Waals surface area contributed by atoms with Crippen molar-refractivity contribution in [2.24, 2.45) is 0 Å². The Morgan fingerprint density at radius 2 is 2.12 bits per heavy atom. The summed E-state index contributed by atoms with van der Waals surface area (Å²) < 4.78 is 17.9. The first-order valence-corrected chi connectivity index (χ1v) is 4.79. The van der Waals surface area contributed by atoms with E-state index >= 15 is 0 Å². The van der Waals surface area contributed by atoms with Crippen molar-refractivity contribution in [3.05, 3.63) is 29.6 Å². The molecule has 1 N–H and O–H groups in total. The van der Waals surface area contributed by atoms with Gasteiger partial charge in [0.05, 0.1) is 5.60 Å². The van der Waals surface area contributed by atoms with E-state index in [1.807, 2.05) is 0 Å². The highest BCUT2D eigenvalue weighted by Gasteiger charge is 2.09. The van der Waals surface area contributed by atoms with Gasteiger partial charge >= 0.3 is 0 Å². The number of fused-ring (bicyclic) bond motifs is 1. The Hall–Kier alpha value is -1.75. The molecule has 0 bridgehead atoms. The van der Waals surface area contributed by atoms with Crippen molar-refractivity contribution in [3.8, 4) is 0 Å². The van der Waals surface area contributed by atoms with E-state index in [9.17, 15) is 9.50 Å². The molecule has 1 heterocycles. The van der Waals surface area contributed by atoms with Gasteiger partial charge in [0.15, 0.2) is 11.3 Å². The predicted molar refractivity (Wildman–Crippen MR) is 57.1 cm³/mol. The van der Waals surface area contributed by atoms with Gasteiger partial charge in [0.1, 0.15) is 5.52 Å². The summed E-state index contributed by atoms with van der Waals surface area (Å²) >= 11 is 0. The van der Waals surface area contributed by atoms with Gasteiger partial charge in [-0.1, -0.05) is 12.2 Å². The van der Waals surface area contributed by atoms with E-state index in [0.29, 0.717) is 11.1 Å². The zero-order valence-electron chi connectivity index (χ0n) is 8.94. The predicted octanol–water partition coefficient (Wildman–Crippen LogP) is 2.15. The standard InChI is InChI=1S/C11H11FN2O2/c1-11(2,15)4-3-7-5-8(12)10-9(6-7)13-16-14-10/h3-6,15H,1-2H3. The molecule has 0 amide bonds. The van der Waals surface area contributed by atoms with Crippen LogP contribution in [-0.2, 0) is 0 Å². The van der Waals surface area contributed by atoms with Crippen molar-refractivity contribution >= 4 is 17.1 Å². The summed E-state index contributed by atoms with van der Waals surface area (Å²) in [6, 6.07) is 2.95. The van der Waals surface area contributed by atoms with Crippen molar-refractivity contribution in [2.45, 2.75) is 19.4 Å². The average molecular weight is 222 g/mol. The molecule has 0 atom stereocenters. The molecule has 0 aliphatic heterocycles. The van der Waals surface area contributed by atoms with Crippen LogP contribution in [0.5, 0.6) is 0 Å². The average Bonchev–Trinajstić information content (AvgIpc) is 2.62. The summed E-state index contributed by atoms with van der Waals surface area (Å²) in [7, 11) is 0. The molecule has 16 heavy (non-hydrogen) atoms. The van der Waals surface area contributed by atoms with Gasteiger partial charge in [-0.05, 0) is 41.9 Å². The highest BCUT2D eigenvalue weighted by Crippen LogP contribution is 2.18. The second-order valence-corrected chi connectivity index (χ2v) is 4.12. The van der Waals surface area contributed by atoms with Gasteiger partial charge in [-0.15, -0.1) is 0 Å². The molecule has 0 fully saturated rings. The van der Waals surface area contributed by atoms with Crippen LogP contribution in [0.1, 0.15) is 19.4 Å². The third-order valence-electron chi connectivity index (χ3n) is 2.02. The van der Waals surface area contributed by atoms with Crippen LogP contribution < -0.4 is 0 Å². The molecule has 1 aromatic carbocycles. The lowest BCUT2D eigenvalue weighted by atomic mass is 10.1. The number of nitrogens with zero attached hydrogens (tertiary/aromatic N) is 2. The van der Waals surface area contributed by atoms with Gasteiger partial charge in [0.25, 0.3) is 0 Å². The lowest BCUT2D eigenvalue weighted by Gasteiger charge is -2.09. The van der Waals surface area contributed by atoms with Gasteiger partial charge < -0.3 is 5.11 Å². The normalized spacial score (nSPS) is 12.8. The fraction of sp³-hybridized carbons (Fsp3) is 0.273. The molecule has 2 rings (SSSR count). The Morgan fingerprint density at radius 3 is 2.81 bits per heavy atom. The molecule has 1 aromatic heterocycles. The third-order valence-corrected chi connectivity index (χ3v) is 2.02. The molecular formula is C11H11FN2O2. The molecule has 0 aliphatic carbocycles. The Kier molecular flexibility index (Phi) is 2.47. The second-order valence-electron chi connectivity index (χ2n) is 4.12. The summed E-state index contributed by atoms with van der Waals surface area (Å²) in [6.45, 7) is 3.27. The van der Waals surface area contributed by atoms with Crippen LogP contribution in [0.15, 0.2) is 22.8 Å². The van der Waals surface area contributed by atoms with E-state index in [1.54, 1.807) is 32.1 Å². The van der Waals surface area contributed by atoms with Gasteiger partial charge in [0, 0.05) is 0 Å². The van der Waals surface area contributed by atoms with Crippen LogP contribution in [-0.4, -0.2) is 21.0 Å². The van der Waals surface area contributed by atoms with Crippen LogP contribution in [0.4, 0.5) is 4.39 Å². The van der Waals surface area contributed by atoms with Crippen LogP contribution in [0.25, 0.3) is 17.1 Å². The lowest BCUT2D eigenvalue weighted by Crippen LogP contribution is -2.13. The summed E-state index contributed by atoms with van der Waals surface area (Å²) in [5.41, 5.74) is 0.131. The van der Waals surface area contributed by atoms with Crippen molar-refractivity contribution in [1.82, 2.24) is 10.3 Å². The third kappa shape index (κ3) is 2.25. The maximum atomic E-state index is 13.4. The molecule has 2 aromatic rings.